The first kappa shape index (κ1) is 12.7. The van der Waals surface area contributed by atoms with Gasteiger partial charge in [-0.3, -0.25) is 0 Å². The van der Waals surface area contributed by atoms with Crippen molar-refractivity contribution in [1.82, 2.24) is 0 Å². The number of rotatable bonds is 6. The number of hydrogen-bond acceptors (Lipinski definition) is 3. The monoisotopic (exact) mass is 197 g/mol. The maximum Gasteiger partial charge on any atom is 0.245 e. The maximum absolute atomic E-state index is 12.4. The Kier molecular flexibility index (Phi) is 5.36. The Balaban J connectivity index is 3.78. The number of hydrogen-bond donors (Lipinski definition) is 1. The molecule has 1 atom stereocenters. The molecule has 0 bridgehead atoms. The molecule has 2 N–H and O–H groups in total. The Morgan fingerprint density at radius 3 is 2.08 bits per heavy atom. The second kappa shape index (κ2) is 5.47. The van der Waals surface area contributed by atoms with Crippen LogP contribution in [0, 0.1) is 0 Å². The minimum absolute atomic E-state index is 0.176. The van der Waals surface area contributed by atoms with Crippen molar-refractivity contribution in [2.75, 3.05) is 14.2 Å². The van der Waals surface area contributed by atoms with E-state index in [0.29, 0.717) is 0 Å². The zero-order chi connectivity index (χ0) is 10.5. The minimum Gasteiger partial charge on any atom is -0.354 e. The van der Waals surface area contributed by atoms with E-state index in [2.05, 4.69) is 0 Å². The van der Waals surface area contributed by atoms with E-state index in [9.17, 15) is 8.78 Å². The normalized spacial score (nSPS) is 15.0. The van der Waals surface area contributed by atoms with Crippen LogP contribution in [0.4, 0.5) is 8.78 Å². The number of methoxy groups -OCH3 is 2. The highest BCUT2D eigenvalue weighted by Crippen LogP contribution is 2.20. The fourth-order valence-electron chi connectivity index (χ4n) is 1.00. The lowest BCUT2D eigenvalue weighted by Crippen LogP contribution is -2.38. The molecule has 5 heteroatoms. The van der Waals surface area contributed by atoms with Gasteiger partial charge in [-0.2, -0.15) is 0 Å². The predicted molar refractivity (Wildman–Crippen MR) is 45.6 cm³/mol. The Morgan fingerprint density at radius 1 is 1.31 bits per heavy atom. The average molecular weight is 197 g/mol. The van der Waals surface area contributed by atoms with Gasteiger partial charge >= 0.3 is 0 Å². The molecule has 13 heavy (non-hydrogen) atoms. The van der Waals surface area contributed by atoms with Crippen LogP contribution in [0.2, 0.25) is 0 Å². The van der Waals surface area contributed by atoms with Crippen molar-refractivity contribution in [3.05, 3.63) is 0 Å². The summed E-state index contributed by atoms with van der Waals surface area (Å²) in [6, 6.07) is -0.513. The molecule has 0 aromatic heterocycles. The second-order valence-electron chi connectivity index (χ2n) is 3.11. The molecule has 0 saturated carbocycles. The SMILES string of the molecule is COC(OC)C(N)CCC(C)(F)F. The van der Waals surface area contributed by atoms with Crippen LogP contribution in [0.25, 0.3) is 0 Å². The van der Waals surface area contributed by atoms with Crippen molar-refractivity contribution in [3.8, 4) is 0 Å². The molecule has 0 aliphatic rings. The molecule has 0 aromatic rings. The van der Waals surface area contributed by atoms with Gasteiger partial charge in [0.15, 0.2) is 6.29 Å². The van der Waals surface area contributed by atoms with Gasteiger partial charge in [0, 0.05) is 20.6 Å². The summed E-state index contributed by atoms with van der Waals surface area (Å²) in [6.45, 7) is 0.869. The Bertz CT molecular complexity index is 135. The van der Waals surface area contributed by atoms with Crippen molar-refractivity contribution in [2.45, 2.75) is 38.0 Å². The van der Waals surface area contributed by atoms with Gasteiger partial charge in [0.05, 0.1) is 6.04 Å². The van der Waals surface area contributed by atoms with Crippen LogP contribution in [0.1, 0.15) is 19.8 Å². The molecule has 0 aliphatic carbocycles. The van der Waals surface area contributed by atoms with Crippen LogP contribution in [0.5, 0.6) is 0 Å². The first-order chi connectivity index (χ1) is 5.90. The largest absolute Gasteiger partial charge is 0.354 e. The quantitative estimate of drug-likeness (QED) is 0.654. The fraction of sp³-hybridized carbons (Fsp3) is 1.00. The van der Waals surface area contributed by atoms with E-state index >= 15 is 0 Å². The summed E-state index contributed by atoms with van der Waals surface area (Å²) in [6.07, 6.45) is -0.685. The maximum atomic E-state index is 12.4. The zero-order valence-electron chi connectivity index (χ0n) is 8.22. The summed E-state index contributed by atoms with van der Waals surface area (Å²) >= 11 is 0. The molecule has 0 aromatic carbocycles. The second-order valence-corrected chi connectivity index (χ2v) is 3.11. The third-order valence-corrected chi connectivity index (χ3v) is 1.73. The highest BCUT2D eigenvalue weighted by atomic mass is 19.3. The molecular weight excluding hydrogens is 180 g/mol. The summed E-state index contributed by atoms with van der Waals surface area (Å²) in [5.41, 5.74) is 5.56. The lowest BCUT2D eigenvalue weighted by Gasteiger charge is -2.22. The zero-order valence-corrected chi connectivity index (χ0v) is 8.22. The van der Waals surface area contributed by atoms with Gasteiger partial charge in [0.2, 0.25) is 5.92 Å². The molecule has 80 valence electrons. The van der Waals surface area contributed by atoms with Crippen LogP contribution < -0.4 is 5.73 Å². The topological polar surface area (TPSA) is 44.5 Å². The summed E-state index contributed by atoms with van der Waals surface area (Å²) < 4.78 is 34.5. The first-order valence-electron chi connectivity index (χ1n) is 4.09. The molecule has 3 nitrogen and oxygen atoms in total. The van der Waals surface area contributed by atoms with Crippen LogP contribution >= 0.6 is 0 Å². The average Bonchev–Trinajstić information content (AvgIpc) is 2.02. The van der Waals surface area contributed by atoms with Gasteiger partial charge in [-0.25, -0.2) is 8.78 Å². The van der Waals surface area contributed by atoms with Gasteiger partial charge in [-0.05, 0) is 13.3 Å². The highest BCUT2D eigenvalue weighted by molar-refractivity contribution is 4.69. The van der Waals surface area contributed by atoms with Gasteiger partial charge in [0.1, 0.15) is 0 Å². The van der Waals surface area contributed by atoms with E-state index in [4.69, 9.17) is 15.2 Å². The molecule has 0 heterocycles. The smallest absolute Gasteiger partial charge is 0.245 e. The van der Waals surface area contributed by atoms with Crippen molar-refractivity contribution >= 4 is 0 Å². The molecule has 0 saturated heterocycles. The Hall–Kier alpha value is -0.260. The van der Waals surface area contributed by atoms with Crippen LogP contribution in [-0.4, -0.2) is 32.5 Å². The Morgan fingerprint density at radius 2 is 1.77 bits per heavy atom. The lowest BCUT2D eigenvalue weighted by atomic mass is 10.1. The van der Waals surface area contributed by atoms with Crippen LogP contribution in [0.15, 0.2) is 0 Å². The van der Waals surface area contributed by atoms with Crippen molar-refractivity contribution in [1.29, 1.82) is 0 Å². The summed E-state index contributed by atoms with van der Waals surface area (Å²) in [5.74, 6) is -2.68. The van der Waals surface area contributed by atoms with E-state index in [0.717, 1.165) is 6.92 Å². The van der Waals surface area contributed by atoms with Gasteiger partial charge < -0.3 is 15.2 Å². The molecule has 0 radical (unpaired) electrons. The summed E-state index contributed by atoms with van der Waals surface area (Å²) in [5, 5.41) is 0. The van der Waals surface area contributed by atoms with Crippen LogP contribution in [0.3, 0.4) is 0 Å². The standard InChI is InChI=1S/C8H17F2NO2/c1-8(9,10)5-4-6(11)7(12-2)13-3/h6-7H,4-5,11H2,1-3H3. The number of nitrogens with two attached hydrogens (primary N) is 1. The number of ether oxygens (including phenoxy) is 2. The van der Waals surface area contributed by atoms with E-state index in [-0.39, 0.29) is 12.8 Å². The highest BCUT2D eigenvalue weighted by Gasteiger charge is 2.25. The lowest BCUT2D eigenvalue weighted by molar-refractivity contribution is -0.120. The molecule has 0 fully saturated rings. The summed E-state index contributed by atoms with van der Waals surface area (Å²) in [4.78, 5) is 0. The van der Waals surface area contributed by atoms with Gasteiger partial charge in [0.25, 0.3) is 0 Å². The van der Waals surface area contributed by atoms with Crippen molar-refractivity contribution in [2.24, 2.45) is 5.73 Å². The molecule has 0 spiro atoms. The van der Waals surface area contributed by atoms with Crippen LogP contribution in [-0.2, 0) is 9.47 Å². The molecular formula is C8H17F2NO2. The summed E-state index contributed by atoms with van der Waals surface area (Å²) in [7, 11) is 2.86. The molecule has 0 aliphatic heterocycles. The van der Waals surface area contributed by atoms with E-state index < -0.39 is 18.3 Å². The third kappa shape index (κ3) is 5.90. The van der Waals surface area contributed by atoms with Crippen molar-refractivity contribution < 1.29 is 18.3 Å². The van der Waals surface area contributed by atoms with E-state index in [1.54, 1.807) is 0 Å². The molecule has 0 rings (SSSR count). The van der Waals surface area contributed by atoms with Gasteiger partial charge in [-0.1, -0.05) is 0 Å². The number of halogens is 2. The predicted octanol–water partition coefficient (Wildman–Crippen LogP) is 1.37. The fourth-order valence-corrected chi connectivity index (χ4v) is 1.00. The molecule has 0 amide bonds. The van der Waals surface area contributed by atoms with E-state index in [1.165, 1.54) is 14.2 Å². The molecule has 1 unspecified atom stereocenters. The number of alkyl halides is 2. The van der Waals surface area contributed by atoms with Crippen molar-refractivity contribution in [3.63, 3.8) is 0 Å². The van der Waals surface area contributed by atoms with Gasteiger partial charge in [-0.15, -0.1) is 0 Å². The van der Waals surface area contributed by atoms with E-state index in [1.807, 2.05) is 0 Å². The first-order valence-corrected chi connectivity index (χ1v) is 4.09. The Labute approximate surface area is 77.2 Å². The third-order valence-electron chi connectivity index (χ3n) is 1.73. The minimum atomic E-state index is -2.68.